The lowest BCUT2D eigenvalue weighted by atomic mass is 9.91. The zero-order valence-electron chi connectivity index (χ0n) is 8.66. The summed E-state index contributed by atoms with van der Waals surface area (Å²) in [6.45, 7) is 6.25. The molecule has 0 aromatic carbocycles. The van der Waals surface area contributed by atoms with Gasteiger partial charge in [0.2, 0.25) is 0 Å². The van der Waals surface area contributed by atoms with E-state index in [-0.39, 0.29) is 23.7 Å². The third-order valence-electron chi connectivity index (χ3n) is 1.79. The van der Waals surface area contributed by atoms with Crippen molar-refractivity contribution in [3.05, 3.63) is 29.6 Å². The SMILES string of the molecule is CC(C)(C)c1cccc(C(=N)N)n1.Cl. The average molecular weight is 214 g/mol. The molecule has 3 nitrogen and oxygen atoms in total. The lowest BCUT2D eigenvalue weighted by molar-refractivity contribution is 0.568. The molecule has 0 aliphatic rings. The van der Waals surface area contributed by atoms with Crippen molar-refractivity contribution < 1.29 is 0 Å². The number of pyridine rings is 1. The fourth-order valence-corrected chi connectivity index (χ4v) is 1.00. The molecule has 1 aromatic heterocycles. The number of nitrogens with zero attached hydrogens (tertiary/aromatic N) is 1. The normalized spacial score (nSPS) is 10.5. The number of nitrogen functional groups attached to an aromatic ring is 1. The van der Waals surface area contributed by atoms with Crippen molar-refractivity contribution in [3.8, 4) is 0 Å². The smallest absolute Gasteiger partial charge is 0.141 e. The van der Waals surface area contributed by atoms with E-state index < -0.39 is 0 Å². The molecule has 0 radical (unpaired) electrons. The van der Waals surface area contributed by atoms with Gasteiger partial charge in [-0.25, -0.2) is 4.98 Å². The highest BCUT2D eigenvalue weighted by Gasteiger charge is 2.15. The van der Waals surface area contributed by atoms with Gasteiger partial charge in [0, 0.05) is 11.1 Å². The van der Waals surface area contributed by atoms with Crippen LogP contribution in [0.15, 0.2) is 18.2 Å². The zero-order chi connectivity index (χ0) is 10.1. The predicted octanol–water partition coefficient (Wildman–Crippen LogP) is 2.08. The minimum absolute atomic E-state index is 0. The van der Waals surface area contributed by atoms with Crippen molar-refractivity contribution in [2.45, 2.75) is 26.2 Å². The molecule has 0 atom stereocenters. The van der Waals surface area contributed by atoms with Crippen LogP contribution in [0.25, 0.3) is 0 Å². The van der Waals surface area contributed by atoms with Crippen molar-refractivity contribution >= 4 is 18.2 Å². The van der Waals surface area contributed by atoms with Crippen LogP contribution in [0.4, 0.5) is 0 Å². The van der Waals surface area contributed by atoms with Crippen LogP contribution in [0.2, 0.25) is 0 Å². The van der Waals surface area contributed by atoms with Gasteiger partial charge in [0.1, 0.15) is 11.5 Å². The molecule has 0 fully saturated rings. The molecule has 0 bridgehead atoms. The molecule has 0 unspecified atom stereocenters. The standard InChI is InChI=1S/C10H15N3.ClH/c1-10(2,3)8-6-4-5-7(13-8)9(11)12;/h4-6H,1-3H3,(H3,11,12);1H. The van der Waals surface area contributed by atoms with E-state index in [9.17, 15) is 0 Å². The van der Waals surface area contributed by atoms with E-state index in [0.717, 1.165) is 5.69 Å². The van der Waals surface area contributed by atoms with Crippen LogP contribution in [0.5, 0.6) is 0 Å². The molecular weight excluding hydrogens is 198 g/mol. The van der Waals surface area contributed by atoms with Gasteiger partial charge >= 0.3 is 0 Å². The Morgan fingerprint density at radius 3 is 2.36 bits per heavy atom. The molecule has 1 heterocycles. The quantitative estimate of drug-likeness (QED) is 0.554. The maximum Gasteiger partial charge on any atom is 0.141 e. The van der Waals surface area contributed by atoms with Gasteiger partial charge in [0.05, 0.1) is 0 Å². The average Bonchev–Trinajstić information content (AvgIpc) is 2.03. The van der Waals surface area contributed by atoms with E-state index in [1.54, 1.807) is 6.07 Å². The summed E-state index contributed by atoms with van der Waals surface area (Å²) in [4.78, 5) is 4.29. The first-order valence-electron chi connectivity index (χ1n) is 4.23. The minimum atomic E-state index is 0. The number of nitrogens with one attached hydrogen (secondary N) is 1. The lowest BCUT2D eigenvalue weighted by Gasteiger charge is -2.17. The summed E-state index contributed by atoms with van der Waals surface area (Å²) in [6.07, 6.45) is 0. The highest BCUT2D eigenvalue weighted by atomic mass is 35.5. The Morgan fingerprint density at radius 2 is 1.93 bits per heavy atom. The number of hydrogen-bond acceptors (Lipinski definition) is 2. The molecule has 4 heteroatoms. The Kier molecular flexibility index (Phi) is 4.08. The summed E-state index contributed by atoms with van der Waals surface area (Å²) in [6, 6.07) is 5.58. The topological polar surface area (TPSA) is 62.8 Å². The van der Waals surface area contributed by atoms with Crippen molar-refractivity contribution in [2.75, 3.05) is 0 Å². The number of aromatic nitrogens is 1. The second-order valence-corrected chi connectivity index (χ2v) is 4.07. The Hall–Kier alpha value is -1.09. The third-order valence-corrected chi connectivity index (χ3v) is 1.79. The van der Waals surface area contributed by atoms with Crippen LogP contribution in [-0.2, 0) is 5.41 Å². The van der Waals surface area contributed by atoms with Crippen LogP contribution in [-0.4, -0.2) is 10.8 Å². The Labute approximate surface area is 90.7 Å². The highest BCUT2D eigenvalue weighted by molar-refractivity contribution is 5.92. The van der Waals surface area contributed by atoms with E-state index in [1.165, 1.54) is 0 Å². The molecule has 1 aromatic rings. The molecule has 0 spiro atoms. The van der Waals surface area contributed by atoms with E-state index in [4.69, 9.17) is 11.1 Å². The van der Waals surface area contributed by atoms with Gasteiger partial charge in [0.15, 0.2) is 0 Å². The van der Waals surface area contributed by atoms with Crippen molar-refractivity contribution in [1.82, 2.24) is 4.98 Å². The molecule has 0 amide bonds. The molecular formula is C10H16ClN3. The van der Waals surface area contributed by atoms with Crippen molar-refractivity contribution in [2.24, 2.45) is 5.73 Å². The molecule has 78 valence electrons. The number of halogens is 1. The first-order valence-corrected chi connectivity index (χ1v) is 4.23. The first kappa shape index (κ1) is 12.9. The van der Waals surface area contributed by atoms with Crippen molar-refractivity contribution in [1.29, 1.82) is 5.41 Å². The van der Waals surface area contributed by atoms with Crippen LogP contribution in [0, 0.1) is 5.41 Å². The summed E-state index contributed by atoms with van der Waals surface area (Å²) < 4.78 is 0. The van der Waals surface area contributed by atoms with Crippen molar-refractivity contribution in [3.63, 3.8) is 0 Å². The predicted molar refractivity (Wildman–Crippen MR) is 61.2 cm³/mol. The number of hydrogen-bond donors (Lipinski definition) is 2. The molecule has 14 heavy (non-hydrogen) atoms. The number of rotatable bonds is 1. The van der Waals surface area contributed by atoms with E-state index in [0.29, 0.717) is 5.69 Å². The van der Waals surface area contributed by atoms with Crippen LogP contribution >= 0.6 is 12.4 Å². The number of nitrogens with two attached hydrogens (primary N) is 1. The van der Waals surface area contributed by atoms with Crippen LogP contribution < -0.4 is 5.73 Å². The second kappa shape index (κ2) is 4.42. The van der Waals surface area contributed by atoms with E-state index >= 15 is 0 Å². The van der Waals surface area contributed by atoms with Gasteiger partial charge in [-0.2, -0.15) is 0 Å². The summed E-state index contributed by atoms with van der Waals surface area (Å²) in [5, 5.41) is 7.25. The van der Waals surface area contributed by atoms with Gasteiger partial charge in [-0.3, -0.25) is 5.41 Å². The second-order valence-electron chi connectivity index (χ2n) is 4.07. The molecule has 1 rings (SSSR count). The fourth-order valence-electron chi connectivity index (χ4n) is 1.00. The summed E-state index contributed by atoms with van der Waals surface area (Å²) in [5.41, 5.74) is 6.86. The molecule has 0 saturated heterocycles. The minimum Gasteiger partial charge on any atom is -0.382 e. The maximum atomic E-state index is 7.25. The van der Waals surface area contributed by atoms with Gasteiger partial charge in [-0.15, -0.1) is 12.4 Å². The molecule has 0 aliphatic heterocycles. The lowest BCUT2D eigenvalue weighted by Crippen LogP contribution is -2.18. The summed E-state index contributed by atoms with van der Waals surface area (Å²) in [5.74, 6) is 0.0195. The molecule has 0 saturated carbocycles. The monoisotopic (exact) mass is 213 g/mol. The largest absolute Gasteiger partial charge is 0.382 e. The Balaban J connectivity index is 0.00000169. The maximum absolute atomic E-state index is 7.25. The summed E-state index contributed by atoms with van der Waals surface area (Å²) >= 11 is 0. The van der Waals surface area contributed by atoms with Gasteiger partial charge in [-0.05, 0) is 12.1 Å². The Bertz CT molecular complexity index is 328. The van der Waals surface area contributed by atoms with Gasteiger partial charge < -0.3 is 5.73 Å². The van der Waals surface area contributed by atoms with Crippen LogP contribution in [0.1, 0.15) is 32.2 Å². The number of amidine groups is 1. The van der Waals surface area contributed by atoms with Gasteiger partial charge in [0.25, 0.3) is 0 Å². The van der Waals surface area contributed by atoms with E-state index in [2.05, 4.69) is 25.8 Å². The Morgan fingerprint density at radius 1 is 1.36 bits per heavy atom. The van der Waals surface area contributed by atoms with Crippen LogP contribution in [0.3, 0.4) is 0 Å². The highest BCUT2D eigenvalue weighted by Crippen LogP contribution is 2.19. The summed E-state index contributed by atoms with van der Waals surface area (Å²) in [7, 11) is 0. The molecule has 3 N–H and O–H groups in total. The first-order chi connectivity index (χ1) is 5.91. The zero-order valence-corrected chi connectivity index (χ0v) is 9.48. The van der Waals surface area contributed by atoms with E-state index in [1.807, 2.05) is 12.1 Å². The fraction of sp³-hybridized carbons (Fsp3) is 0.400. The molecule has 0 aliphatic carbocycles. The van der Waals surface area contributed by atoms with Gasteiger partial charge in [-0.1, -0.05) is 26.8 Å². The third kappa shape index (κ3) is 3.00.